The van der Waals surface area contributed by atoms with Gasteiger partial charge in [-0.15, -0.1) is 0 Å². The molecule has 0 saturated carbocycles. The van der Waals surface area contributed by atoms with Gasteiger partial charge in [-0.3, -0.25) is 4.79 Å². The van der Waals surface area contributed by atoms with Gasteiger partial charge in [-0.05, 0) is 12.0 Å². The monoisotopic (exact) mass is 262 g/mol. The number of Topliss-reactive ketones (excluding diaryl/α,β-unsaturated/α-hetero) is 1. The lowest BCUT2D eigenvalue weighted by molar-refractivity contribution is -0.122. The van der Waals surface area contributed by atoms with E-state index < -0.39 is 5.41 Å². The first-order valence-electron chi connectivity index (χ1n) is 6.69. The van der Waals surface area contributed by atoms with Crippen molar-refractivity contribution in [1.29, 1.82) is 0 Å². The summed E-state index contributed by atoms with van der Waals surface area (Å²) in [7, 11) is 0. The molecule has 0 N–H and O–H groups in total. The molecule has 104 valence electrons. The average Bonchev–Trinajstić information content (AvgIpc) is 2.46. The molecule has 0 aliphatic heterocycles. The molecular weight excluding hydrogens is 240 g/mol. The van der Waals surface area contributed by atoms with Crippen molar-refractivity contribution in [3.05, 3.63) is 35.9 Å². The summed E-state index contributed by atoms with van der Waals surface area (Å²) in [6.45, 7) is 4.52. The lowest BCUT2D eigenvalue weighted by Crippen LogP contribution is -2.26. The van der Waals surface area contributed by atoms with E-state index >= 15 is 0 Å². The van der Waals surface area contributed by atoms with E-state index in [0.717, 1.165) is 11.8 Å². The van der Waals surface area contributed by atoms with Crippen LogP contribution >= 0.6 is 0 Å². The van der Waals surface area contributed by atoms with Crippen LogP contribution in [0.15, 0.2) is 30.3 Å². The number of ether oxygens (including phenoxy) is 1. The van der Waals surface area contributed by atoms with Gasteiger partial charge in [0.1, 0.15) is 12.1 Å². The van der Waals surface area contributed by atoms with Gasteiger partial charge in [0.05, 0.1) is 13.2 Å². The van der Waals surface area contributed by atoms with Gasteiger partial charge in [0.25, 0.3) is 0 Å². The van der Waals surface area contributed by atoms with Crippen LogP contribution in [-0.2, 0) is 20.9 Å². The summed E-state index contributed by atoms with van der Waals surface area (Å²) in [6.07, 6.45) is 2.43. The molecule has 0 saturated heterocycles. The quantitative estimate of drug-likeness (QED) is 0.642. The molecule has 0 aromatic heterocycles. The lowest BCUT2D eigenvalue weighted by atomic mass is 9.87. The lowest BCUT2D eigenvalue weighted by Gasteiger charge is -2.22. The summed E-state index contributed by atoms with van der Waals surface area (Å²) >= 11 is 0. The number of hydrogen-bond donors (Lipinski definition) is 0. The molecule has 1 atom stereocenters. The number of carbonyl (C=O) groups excluding carboxylic acids is 2. The molecule has 0 fully saturated rings. The van der Waals surface area contributed by atoms with E-state index in [1.165, 1.54) is 0 Å². The van der Waals surface area contributed by atoms with Crippen LogP contribution in [0.25, 0.3) is 0 Å². The number of carbonyl (C=O) groups is 2. The van der Waals surface area contributed by atoms with Crippen LogP contribution in [0.2, 0.25) is 0 Å². The fourth-order valence-electron chi connectivity index (χ4n) is 1.74. The Morgan fingerprint density at radius 2 is 2.00 bits per heavy atom. The number of hydrogen-bond acceptors (Lipinski definition) is 3. The Morgan fingerprint density at radius 1 is 1.32 bits per heavy atom. The number of rotatable bonds is 9. The summed E-state index contributed by atoms with van der Waals surface area (Å²) in [6, 6.07) is 9.84. The minimum Gasteiger partial charge on any atom is -0.376 e. The largest absolute Gasteiger partial charge is 0.376 e. The molecule has 0 heterocycles. The highest BCUT2D eigenvalue weighted by atomic mass is 16.5. The molecule has 19 heavy (non-hydrogen) atoms. The average molecular weight is 262 g/mol. The Kier molecular flexibility index (Phi) is 6.43. The molecule has 0 amide bonds. The summed E-state index contributed by atoms with van der Waals surface area (Å²) < 4.78 is 5.60. The maximum atomic E-state index is 11.3. The molecule has 1 aromatic carbocycles. The molecule has 0 spiro atoms. The summed E-state index contributed by atoms with van der Waals surface area (Å²) in [5.41, 5.74) is 0.514. The van der Waals surface area contributed by atoms with E-state index in [4.69, 9.17) is 4.74 Å². The summed E-state index contributed by atoms with van der Waals surface area (Å²) in [5.74, 6) is 0.191. The zero-order valence-electron chi connectivity index (χ0n) is 11.7. The van der Waals surface area contributed by atoms with Crippen molar-refractivity contribution >= 4 is 12.1 Å². The second-order valence-corrected chi connectivity index (χ2v) is 5.14. The minimum absolute atomic E-state index is 0.191. The van der Waals surface area contributed by atoms with Gasteiger partial charge in [-0.2, -0.15) is 0 Å². The third kappa shape index (κ3) is 5.79. The zero-order valence-corrected chi connectivity index (χ0v) is 11.7. The second kappa shape index (κ2) is 7.85. The van der Waals surface area contributed by atoms with Gasteiger partial charge >= 0.3 is 0 Å². The molecule has 0 aliphatic carbocycles. The Morgan fingerprint density at radius 3 is 2.58 bits per heavy atom. The van der Waals surface area contributed by atoms with Crippen molar-refractivity contribution < 1.29 is 14.3 Å². The van der Waals surface area contributed by atoms with Gasteiger partial charge in [-0.1, -0.05) is 44.2 Å². The first-order valence-corrected chi connectivity index (χ1v) is 6.69. The Balaban J connectivity index is 2.38. The van der Waals surface area contributed by atoms with Crippen LogP contribution in [0.1, 0.15) is 38.7 Å². The van der Waals surface area contributed by atoms with Gasteiger partial charge in [0.2, 0.25) is 0 Å². The van der Waals surface area contributed by atoms with Crippen LogP contribution in [0.3, 0.4) is 0 Å². The second-order valence-electron chi connectivity index (χ2n) is 5.14. The molecule has 1 aromatic rings. The number of benzene rings is 1. The van der Waals surface area contributed by atoms with Crippen LogP contribution in [0.4, 0.5) is 0 Å². The summed E-state index contributed by atoms with van der Waals surface area (Å²) in [5, 5.41) is 0. The van der Waals surface area contributed by atoms with E-state index in [0.29, 0.717) is 32.5 Å². The normalized spacial score (nSPS) is 13.8. The standard InChI is InChI=1S/C16H22O3/c1-3-15(18)9-10-16(2,12-17)13-19-11-14-7-5-4-6-8-14/h4-8,12H,3,9-11,13H2,1-2H3/t16-/m0/s1. The predicted octanol–water partition coefficient (Wildman–Crippen LogP) is 3.17. The third-order valence-corrected chi connectivity index (χ3v) is 3.20. The van der Waals surface area contributed by atoms with Crippen molar-refractivity contribution in [2.45, 2.75) is 39.7 Å². The third-order valence-electron chi connectivity index (χ3n) is 3.20. The van der Waals surface area contributed by atoms with Crippen molar-refractivity contribution in [3.8, 4) is 0 Å². The maximum Gasteiger partial charge on any atom is 0.132 e. The Bertz CT molecular complexity index is 400. The molecule has 0 unspecified atom stereocenters. The van der Waals surface area contributed by atoms with Gasteiger partial charge in [-0.25, -0.2) is 0 Å². The van der Waals surface area contributed by atoms with E-state index in [9.17, 15) is 9.59 Å². The topological polar surface area (TPSA) is 43.4 Å². The molecule has 0 radical (unpaired) electrons. The fraction of sp³-hybridized carbons (Fsp3) is 0.500. The highest BCUT2D eigenvalue weighted by molar-refractivity contribution is 5.78. The van der Waals surface area contributed by atoms with Crippen molar-refractivity contribution in [2.24, 2.45) is 5.41 Å². The zero-order chi connectivity index (χ0) is 14.1. The van der Waals surface area contributed by atoms with Gasteiger partial charge in [0, 0.05) is 18.3 Å². The van der Waals surface area contributed by atoms with Gasteiger partial charge in [0.15, 0.2) is 0 Å². The Labute approximate surface area is 115 Å². The van der Waals surface area contributed by atoms with Crippen LogP contribution in [0.5, 0.6) is 0 Å². The summed E-state index contributed by atoms with van der Waals surface area (Å²) in [4.78, 5) is 22.5. The first kappa shape index (κ1) is 15.6. The highest BCUT2D eigenvalue weighted by Crippen LogP contribution is 2.22. The smallest absolute Gasteiger partial charge is 0.132 e. The maximum absolute atomic E-state index is 11.3. The molecule has 3 nitrogen and oxygen atoms in total. The van der Waals surface area contributed by atoms with E-state index in [1.807, 2.05) is 44.2 Å². The van der Waals surface area contributed by atoms with E-state index in [1.54, 1.807) is 0 Å². The van der Waals surface area contributed by atoms with Crippen molar-refractivity contribution in [1.82, 2.24) is 0 Å². The van der Waals surface area contributed by atoms with E-state index in [2.05, 4.69) is 0 Å². The Hall–Kier alpha value is -1.48. The van der Waals surface area contributed by atoms with Crippen LogP contribution < -0.4 is 0 Å². The number of ketones is 1. The molecule has 3 heteroatoms. The minimum atomic E-state index is -0.570. The molecular formula is C16H22O3. The fourth-order valence-corrected chi connectivity index (χ4v) is 1.74. The molecule has 0 bridgehead atoms. The van der Waals surface area contributed by atoms with Crippen LogP contribution in [-0.4, -0.2) is 18.7 Å². The van der Waals surface area contributed by atoms with Crippen LogP contribution in [0, 0.1) is 5.41 Å². The molecule has 1 rings (SSSR count). The van der Waals surface area contributed by atoms with E-state index in [-0.39, 0.29) is 5.78 Å². The van der Waals surface area contributed by atoms with Crippen molar-refractivity contribution in [3.63, 3.8) is 0 Å². The molecule has 0 aliphatic rings. The predicted molar refractivity (Wildman–Crippen MR) is 74.8 cm³/mol. The SMILES string of the molecule is CCC(=O)CC[C@@](C)(C=O)COCc1ccccc1. The number of aldehydes is 1. The van der Waals surface area contributed by atoms with Gasteiger partial charge < -0.3 is 9.53 Å². The van der Waals surface area contributed by atoms with Crippen molar-refractivity contribution in [2.75, 3.05) is 6.61 Å². The highest BCUT2D eigenvalue weighted by Gasteiger charge is 2.24. The first-order chi connectivity index (χ1) is 9.09.